The number of nitrogens with zero attached hydrogens (tertiary/aromatic N) is 1. The Kier molecular flexibility index (Phi) is 3.42. The standard InChI is InChI=1S/C13H14F2N2O2/c1-7(2)5-10-12(18)17(13(19)16-10)11-6-8(14)3-4-9(11)15/h3-4,6-7,18H,5H2,1-2H3,(H,16,19). The number of H-pyrrole nitrogens is 1. The highest BCUT2D eigenvalue weighted by molar-refractivity contribution is 5.39. The molecule has 0 atom stereocenters. The highest BCUT2D eigenvalue weighted by Crippen LogP contribution is 2.23. The summed E-state index contributed by atoms with van der Waals surface area (Å²) in [6, 6.07) is 2.72. The van der Waals surface area contributed by atoms with E-state index >= 15 is 0 Å². The molecule has 2 rings (SSSR count). The SMILES string of the molecule is CC(C)Cc1[nH]c(=O)n(-c2cc(F)ccc2F)c1O. The van der Waals surface area contributed by atoms with Crippen molar-refractivity contribution in [2.45, 2.75) is 20.3 Å². The number of aromatic hydroxyl groups is 1. The van der Waals surface area contributed by atoms with Gasteiger partial charge in [0.25, 0.3) is 0 Å². The Bertz CT molecular complexity index is 659. The van der Waals surface area contributed by atoms with Crippen molar-refractivity contribution < 1.29 is 13.9 Å². The molecule has 6 heteroatoms. The van der Waals surface area contributed by atoms with Gasteiger partial charge in [0.05, 0.1) is 11.4 Å². The Morgan fingerprint density at radius 2 is 2.05 bits per heavy atom. The Morgan fingerprint density at radius 1 is 1.37 bits per heavy atom. The Morgan fingerprint density at radius 3 is 2.68 bits per heavy atom. The lowest BCUT2D eigenvalue weighted by molar-refractivity contribution is 0.427. The van der Waals surface area contributed by atoms with E-state index in [-0.39, 0.29) is 17.5 Å². The van der Waals surface area contributed by atoms with Crippen molar-refractivity contribution in [2.75, 3.05) is 0 Å². The summed E-state index contributed by atoms with van der Waals surface area (Å²) < 4.78 is 27.5. The molecule has 0 saturated carbocycles. The number of nitrogens with one attached hydrogen (secondary N) is 1. The number of rotatable bonds is 3. The van der Waals surface area contributed by atoms with Gasteiger partial charge in [-0.05, 0) is 24.5 Å². The van der Waals surface area contributed by atoms with Crippen LogP contribution in [-0.2, 0) is 6.42 Å². The van der Waals surface area contributed by atoms with Crippen LogP contribution >= 0.6 is 0 Å². The molecule has 4 nitrogen and oxygen atoms in total. The largest absolute Gasteiger partial charge is 0.493 e. The molecular formula is C13H14F2N2O2. The Labute approximate surface area is 108 Å². The van der Waals surface area contributed by atoms with Crippen molar-refractivity contribution >= 4 is 0 Å². The molecule has 19 heavy (non-hydrogen) atoms. The summed E-state index contributed by atoms with van der Waals surface area (Å²) in [7, 11) is 0. The number of aromatic amines is 1. The third kappa shape index (κ3) is 2.52. The first-order valence-electron chi connectivity index (χ1n) is 5.88. The van der Waals surface area contributed by atoms with E-state index in [0.29, 0.717) is 12.1 Å². The lowest BCUT2D eigenvalue weighted by atomic mass is 10.1. The summed E-state index contributed by atoms with van der Waals surface area (Å²) in [5.74, 6) is -1.65. The number of hydrogen-bond acceptors (Lipinski definition) is 2. The first-order valence-corrected chi connectivity index (χ1v) is 5.88. The molecule has 0 bridgehead atoms. The maximum Gasteiger partial charge on any atom is 0.333 e. The van der Waals surface area contributed by atoms with E-state index in [1.165, 1.54) is 0 Å². The molecule has 2 N–H and O–H groups in total. The van der Waals surface area contributed by atoms with Gasteiger partial charge in [0, 0.05) is 6.07 Å². The molecule has 0 radical (unpaired) electrons. The average Bonchev–Trinajstić information content (AvgIpc) is 2.57. The summed E-state index contributed by atoms with van der Waals surface area (Å²) in [6.07, 6.45) is 0.436. The van der Waals surface area contributed by atoms with Gasteiger partial charge in [-0.2, -0.15) is 0 Å². The minimum atomic E-state index is -0.783. The normalized spacial score (nSPS) is 11.2. The molecule has 0 amide bonds. The van der Waals surface area contributed by atoms with Crippen molar-refractivity contribution in [3.63, 3.8) is 0 Å². The molecule has 0 aliphatic rings. The highest BCUT2D eigenvalue weighted by Gasteiger charge is 2.18. The van der Waals surface area contributed by atoms with E-state index in [4.69, 9.17) is 0 Å². The number of benzene rings is 1. The lowest BCUT2D eigenvalue weighted by Crippen LogP contribution is -2.16. The van der Waals surface area contributed by atoms with Crippen molar-refractivity contribution in [1.29, 1.82) is 0 Å². The number of hydrogen-bond donors (Lipinski definition) is 2. The predicted molar refractivity (Wildman–Crippen MR) is 66.5 cm³/mol. The minimum Gasteiger partial charge on any atom is -0.493 e. The van der Waals surface area contributed by atoms with E-state index in [1.807, 2.05) is 13.8 Å². The third-order valence-corrected chi connectivity index (χ3v) is 2.70. The summed E-state index contributed by atoms with van der Waals surface area (Å²) in [5.41, 5.74) is -0.699. The van der Waals surface area contributed by atoms with Crippen LogP contribution in [0.3, 0.4) is 0 Å². The molecule has 0 unspecified atom stereocenters. The zero-order valence-corrected chi connectivity index (χ0v) is 10.6. The first kappa shape index (κ1) is 13.3. The van der Waals surface area contributed by atoms with Gasteiger partial charge >= 0.3 is 5.69 Å². The zero-order chi connectivity index (χ0) is 14.2. The van der Waals surface area contributed by atoms with E-state index in [1.54, 1.807) is 0 Å². The maximum atomic E-state index is 13.6. The molecular weight excluding hydrogens is 254 g/mol. The molecule has 0 spiro atoms. The van der Waals surface area contributed by atoms with Crippen LogP contribution < -0.4 is 5.69 Å². The molecule has 102 valence electrons. The molecule has 1 heterocycles. The van der Waals surface area contributed by atoms with Crippen molar-refractivity contribution in [3.8, 4) is 11.6 Å². The third-order valence-electron chi connectivity index (χ3n) is 2.70. The summed E-state index contributed by atoms with van der Waals surface area (Å²) in [6.45, 7) is 3.83. The first-order chi connectivity index (χ1) is 8.90. The maximum absolute atomic E-state index is 13.6. The van der Waals surface area contributed by atoms with Crippen LogP contribution in [0.1, 0.15) is 19.5 Å². The van der Waals surface area contributed by atoms with Gasteiger partial charge in [-0.25, -0.2) is 18.1 Å². The molecule has 0 saturated heterocycles. The van der Waals surface area contributed by atoms with E-state index < -0.39 is 17.3 Å². The molecule has 0 aliphatic carbocycles. The second-order valence-electron chi connectivity index (χ2n) is 4.76. The lowest BCUT2D eigenvalue weighted by Gasteiger charge is -2.06. The highest BCUT2D eigenvalue weighted by atomic mass is 19.1. The van der Waals surface area contributed by atoms with Crippen molar-refractivity contribution in [2.24, 2.45) is 5.92 Å². The molecule has 2 aromatic rings. The fourth-order valence-electron chi connectivity index (χ4n) is 1.90. The van der Waals surface area contributed by atoms with Crippen LogP contribution in [-0.4, -0.2) is 14.7 Å². The van der Waals surface area contributed by atoms with Gasteiger partial charge in [0.2, 0.25) is 5.88 Å². The molecule has 1 aromatic carbocycles. The van der Waals surface area contributed by atoms with Crippen LogP contribution in [0.2, 0.25) is 0 Å². The van der Waals surface area contributed by atoms with Crippen LogP contribution in [0.15, 0.2) is 23.0 Å². The summed E-state index contributed by atoms with van der Waals surface area (Å²) in [4.78, 5) is 14.2. The van der Waals surface area contributed by atoms with Gasteiger partial charge in [0.15, 0.2) is 0 Å². The van der Waals surface area contributed by atoms with Crippen molar-refractivity contribution in [1.82, 2.24) is 9.55 Å². The fourth-order valence-corrected chi connectivity index (χ4v) is 1.90. The quantitative estimate of drug-likeness (QED) is 0.897. The molecule has 0 fully saturated rings. The Hall–Kier alpha value is -2.11. The molecule has 1 aromatic heterocycles. The van der Waals surface area contributed by atoms with E-state index in [0.717, 1.165) is 22.8 Å². The van der Waals surface area contributed by atoms with Crippen LogP contribution in [0.25, 0.3) is 5.69 Å². The smallest absolute Gasteiger partial charge is 0.333 e. The number of aromatic nitrogens is 2. The van der Waals surface area contributed by atoms with Gasteiger partial charge in [-0.1, -0.05) is 13.8 Å². The zero-order valence-electron chi connectivity index (χ0n) is 10.6. The van der Waals surface area contributed by atoms with Gasteiger partial charge in [0.1, 0.15) is 11.6 Å². The minimum absolute atomic E-state index is 0.203. The fraction of sp³-hybridized carbons (Fsp3) is 0.308. The van der Waals surface area contributed by atoms with Crippen LogP contribution in [0.5, 0.6) is 5.88 Å². The van der Waals surface area contributed by atoms with Gasteiger partial charge in [-0.3, -0.25) is 0 Å². The van der Waals surface area contributed by atoms with Crippen LogP contribution in [0, 0.1) is 17.6 Å². The van der Waals surface area contributed by atoms with Gasteiger partial charge < -0.3 is 10.1 Å². The number of halogens is 2. The van der Waals surface area contributed by atoms with Crippen LogP contribution in [0.4, 0.5) is 8.78 Å². The van der Waals surface area contributed by atoms with Crippen molar-refractivity contribution in [3.05, 3.63) is 46.0 Å². The molecule has 0 aliphatic heterocycles. The topological polar surface area (TPSA) is 58.0 Å². The summed E-state index contributed by atoms with van der Waals surface area (Å²) >= 11 is 0. The number of imidazole rings is 1. The average molecular weight is 268 g/mol. The van der Waals surface area contributed by atoms with Gasteiger partial charge in [-0.15, -0.1) is 0 Å². The summed E-state index contributed by atoms with van der Waals surface area (Å²) in [5, 5.41) is 9.97. The Balaban J connectivity index is 2.60. The van der Waals surface area contributed by atoms with E-state index in [2.05, 4.69) is 4.98 Å². The van der Waals surface area contributed by atoms with E-state index in [9.17, 15) is 18.7 Å². The second-order valence-corrected chi connectivity index (χ2v) is 4.76. The predicted octanol–water partition coefficient (Wildman–Crippen LogP) is 2.35. The monoisotopic (exact) mass is 268 g/mol. The second kappa shape index (κ2) is 4.87.